The van der Waals surface area contributed by atoms with Gasteiger partial charge in [-0.1, -0.05) is 11.8 Å². The molecular formula is C10H9N3O5S. The Kier molecular flexibility index (Phi) is 3.56. The van der Waals surface area contributed by atoms with E-state index in [0.717, 1.165) is 11.8 Å². The molecule has 0 spiro atoms. The number of nitrogens with zero attached hydrogens (tertiary/aromatic N) is 2. The summed E-state index contributed by atoms with van der Waals surface area (Å²) in [6, 6.07) is 1.34. The molecule has 0 saturated carbocycles. The van der Waals surface area contributed by atoms with Crippen LogP contribution in [0.2, 0.25) is 0 Å². The fraction of sp³-hybridized carbons (Fsp3) is 0.200. The highest BCUT2D eigenvalue weighted by Gasteiger charge is 2.14. The fourth-order valence-electron chi connectivity index (χ4n) is 1.36. The molecule has 2 rings (SSSR count). The van der Waals surface area contributed by atoms with E-state index in [1.807, 2.05) is 0 Å². The van der Waals surface area contributed by atoms with Crippen LogP contribution in [0.1, 0.15) is 16.1 Å². The summed E-state index contributed by atoms with van der Waals surface area (Å²) >= 11 is 1.08. The molecule has 0 radical (unpaired) electrons. The molecule has 0 aliphatic heterocycles. The smallest absolute Gasteiger partial charge is 0.339 e. The van der Waals surface area contributed by atoms with Gasteiger partial charge in [0.05, 0.1) is 12.0 Å². The van der Waals surface area contributed by atoms with Crippen LogP contribution < -0.4 is 11.1 Å². The lowest BCUT2D eigenvalue weighted by atomic mass is 10.3. The van der Waals surface area contributed by atoms with Gasteiger partial charge in [0.15, 0.2) is 5.16 Å². The molecule has 8 nitrogen and oxygen atoms in total. The van der Waals surface area contributed by atoms with E-state index in [9.17, 15) is 14.4 Å². The third-order valence-corrected chi connectivity index (χ3v) is 3.29. The van der Waals surface area contributed by atoms with E-state index in [1.54, 1.807) is 0 Å². The largest absolute Gasteiger partial charge is 0.478 e. The average molecular weight is 283 g/mol. The number of aromatic nitrogens is 3. The number of thioether (sulfide) groups is 1. The minimum absolute atomic E-state index is 0.0573. The highest BCUT2D eigenvalue weighted by Crippen LogP contribution is 2.22. The monoisotopic (exact) mass is 283 g/mol. The Bertz CT molecular complexity index is 729. The number of nitrogens with one attached hydrogen (secondary N) is 1. The molecule has 0 aromatic carbocycles. The summed E-state index contributed by atoms with van der Waals surface area (Å²) < 4.78 is 6.34. The third-order valence-electron chi connectivity index (χ3n) is 2.26. The van der Waals surface area contributed by atoms with Gasteiger partial charge in [-0.05, 0) is 6.07 Å². The first-order chi connectivity index (χ1) is 8.99. The van der Waals surface area contributed by atoms with Crippen molar-refractivity contribution in [2.24, 2.45) is 7.05 Å². The molecule has 0 amide bonds. The van der Waals surface area contributed by atoms with E-state index < -0.39 is 17.1 Å². The van der Waals surface area contributed by atoms with E-state index in [1.165, 1.54) is 24.1 Å². The number of furan rings is 1. The summed E-state index contributed by atoms with van der Waals surface area (Å²) in [5.41, 5.74) is -1.64. The maximum atomic E-state index is 11.1. The van der Waals surface area contributed by atoms with Gasteiger partial charge >= 0.3 is 17.1 Å². The first-order valence-corrected chi connectivity index (χ1v) is 6.07. The molecule has 0 bridgehead atoms. The van der Waals surface area contributed by atoms with Gasteiger partial charge in [-0.2, -0.15) is 4.98 Å². The minimum atomic E-state index is -1.09. The summed E-state index contributed by atoms with van der Waals surface area (Å²) in [6.45, 7) is 0. The number of H-pyrrole nitrogens is 1. The molecule has 0 aliphatic carbocycles. The van der Waals surface area contributed by atoms with E-state index >= 15 is 0 Å². The summed E-state index contributed by atoms with van der Waals surface area (Å²) in [7, 11) is 1.52. The molecule has 19 heavy (non-hydrogen) atoms. The number of carboxylic acid groups (broad SMARTS) is 1. The minimum Gasteiger partial charge on any atom is -0.478 e. The molecule has 2 heterocycles. The van der Waals surface area contributed by atoms with Crippen molar-refractivity contribution in [3.63, 3.8) is 0 Å². The lowest BCUT2D eigenvalue weighted by Crippen LogP contribution is -2.33. The van der Waals surface area contributed by atoms with Crippen LogP contribution in [0.3, 0.4) is 0 Å². The van der Waals surface area contributed by atoms with Crippen LogP contribution in [0.15, 0.2) is 31.5 Å². The normalized spacial score (nSPS) is 10.6. The van der Waals surface area contributed by atoms with Gasteiger partial charge in [0, 0.05) is 7.05 Å². The number of carboxylic acids is 1. The van der Waals surface area contributed by atoms with E-state index in [0.29, 0.717) is 0 Å². The van der Waals surface area contributed by atoms with Crippen molar-refractivity contribution in [2.75, 3.05) is 0 Å². The number of aromatic carboxylic acids is 1. The Balaban J connectivity index is 2.21. The Labute approximate surface area is 110 Å². The van der Waals surface area contributed by atoms with E-state index in [-0.39, 0.29) is 22.2 Å². The first-order valence-electron chi connectivity index (χ1n) is 5.09. The second kappa shape index (κ2) is 5.14. The summed E-state index contributed by atoms with van der Waals surface area (Å²) in [6.07, 6.45) is 1.28. The fourth-order valence-corrected chi connectivity index (χ4v) is 2.23. The maximum absolute atomic E-state index is 11.1. The van der Waals surface area contributed by atoms with Crippen molar-refractivity contribution in [3.05, 3.63) is 44.4 Å². The van der Waals surface area contributed by atoms with Crippen LogP contribution in [0.25, 0.3) is 0 Å². The van der Waals surface area contributed by atoms with Crippen molar-refractivity contribution in [1.29, 1.82) is 0 Å². The molecule has 0 aliphatic rings. The van der Waals surface area contributed by atoms with Gasteiger partial charge in [-0.15, -0.1) is 0 Å². The number of carbonyl (C=O) groups is 1. The predicted octanol–water partition coefficient (Wildman–Crippen LogP) is 0.0521. The Hall–Kier alpha value is -2.29. The highest BCUT2D eigenvalue weighted by molar-refractivity contribution is 7.98. The second-order valence-electron chi connectivity index (χ2n) is 3.55. The standard InChI is InChI=1S/C10H9N3O5S/c1-13-10(11-7(14)8(15)12-13)19-4-6-5(9(16)17)2-3-18-6/h2-3H,4H2,1H3,(H,12,15)(H,16,17). The van der Waals surface area contributed by atoms with Crippen LogP contribution in [0, 0.1) is 0 Å². The quantitative estimate of drug-likeness (QED) is 0.601. The Morgan fingerprint density at radius 1 is 1.58 bits per heavy atom. The van der Waals surface area contributed by atoms with Crippen molar-refractivity contribution < 1.29 is 14.3 Å². The molecule has 0 saturated heterocycles. The van der Waals surface area contributed by atoms with Gasteiger partial charge < -0.3 is 9.52 Å². The molecule has 2 aromatic rings. The summed E-state index contributed by atoms with van der Waals surface area (Å²) in [5.74, 6) is -0.647. The van der Waals surface area contributed by atoms with Gasteiger partial charge in [-0.25, -0.2) is 4.79 Å². The first kappa shape index (κ1) is 13.1. The van der Waals surface area contributed by atoms with Gasteiger partial charge in [0.1, 0.15) is 11.3 Å². The third kappa shape index (κ3) is 2.76. The molecule has 0 fully saturated rings. The lowest BCUT2D eigenvalue weighted by Gasteiger charge is -2.04. The van der Waals surface area contributed by atoms with Crippen molar-refractivity contribution >= 4 is 17.7 Å². The number of hydrogen-bond donors (Lipinski definition) is 2. The predicted molar refractivity (Wildman–Crippen MR) is 65.3 cm³/mol. The maximum Gasteiger partial charge on any atom is 0.339 e. The van der Waals surface area contributed by atoms with Crippen LogP contribution in [0.4, 0.5) is 0 Å². The molecule has 9 heteroatoms. The Morgan fingerprint density at radius 2 is 2.32 bits per heavy atom. The molecule has 0 atom stereocenters. The van der Waals surface area contributed by atoms with Gasteiger partial charge in [0.2, 0.25) is 0 Å². The van der Waals surface area contributed by atoms with Crippen LogP contribution in [-0.2, 0) is 12.8 Å². The SMILES string of the molecule is Cn1[nH]c(=O)c(=O)nc1SCc1occc1C(=O)O. The molecule has 2 N–H and O–H groups in total. The Morgan fingerprint density at radius 3 is 3.00 bits per heavy atom. The summed E-state index contributed by atoms with van der Waals surface area (Å²) in [5, 5.41) is 11.5. The molecule has 100 valence electrons. The highest BCUT2D eigenvalue weighted by atomic mass is 32.2. The number of rotatable bonds is 4. The van der Waals surface area contributed by atoms with Gasteiger partial charge in [0.25, 0.3) is 0 Å². The van der Waals surface area contributed by atoms with Crippen LogP contribution >= 0.6 is 11.8 Å². The number of aromatic amines is 1. The summed E-state index contributed by atoms with van der Waals surface area (Å²) in [4.78, 5) is 36.6. The topological polar surface area (TPSA) is 118 Å². The molecule has 0 unspecified atom stereocenters. The van der Waals surface area contributed by atoms with Crippen molar-refractivity contribution in [3.8, 4) is 0 Å². The lowest BCUT2D eigenvalue weighted by molar-refractivity contribution is 0.0695. The van der Waals surface area contributed by atoms with E-state index in [4.69, 9.17) is 9.52 Å². The molecular weight excluding hydrogens is 274 g/mol. The van der Waals surface area contributed by atoms with Crippen molar-refractivity contribution in [2.45, 2.75) is 10.9 Å². The van der Waals surface area contributed by atoms with Crippen LogP contribution in [0.5, 0.6) is 0 Å². The average Bonchev–Trinajstić information content (AvgIpc) is 2.80. The zero-order valence-corrected chi connectivity index (χ0v) is 10.6. The van der Waals surface area contributed by atoms with Crippen molar-refractivity contribution in [1.82, 2.24) is 14.8 Å². The zero-order chi connectivity index (χ0) is 14.0. The number of aryl methyl sites for hydroxylation is 1. The van der Waals surface area contributed by atoms with Crippen LogP contribution in [-0.4, -0.2) is 25.8 Å². The van der Waals surface area contributed by atoms with Gasteiger partial charge in [-0.3, -0.25) is 19.4 Å². The van der Waals surface area contributed by atoms with E-state index in [2.05, 4.69) is 10.1 Å². The molecule has 2 aromatic heterocycles. The zero-order valence-electron chi connectivity index (χ0n) is 9.74. The number of hydrogen-bond acceptors (Lipinski definition) is 6. The second-order valence-corrected chi connectivity index (χ2v) is 4.49.